The van der Waals surface area contributed by atoms with Crippen molar-refractivity contribution in [2.24, 2.45) is 0 Å². The third-order valence-electron chi connectivity index (χ3n) is 2.73. The molecule has 0 bridgehead atoms. The Morgan fingerprint density at radius 3 is 2.65 bits per heavy atom. The maximum Gasteiger partial charge on any atom is 0.167 e. The summed E-state index contributed by atoms with van der Waals surface area (Å²) in [6.45, 7) is 2.20. The van der Waals surface area contributed by atoms with Crippen molar-refractivity contribution >= 4 is 0 Å². The molecule has 2 aromatic carbocycles. The van der Waals surface area contributed by atoms with E-state index in [0.717, 1.165) is 0 Å². The molecule has 0 amide bonds. The van der Waals surface area contributed by atoms with Crippen molar-refractivity contribution in [3.63, 3.8) is 0 Å². The molecule has 4 heteroatoms. The van der Waals surface area contributed by atoms with Crippen molar-refractivity contribution in [2.45, 2.75) is 6.92 Å². The second-order valence-electron chi connectivity index (χ2n) is 4.22. The first kappa shape index (κ1) is 13.9. The molecule has 20 heavy (non-hydrogen) atoms. The molecule has 0 aliphatic carbocycles. The number of aryl methyl sites for hydroxylation is 1. The maximum absolute atomic E-state index is 13.6. The highest BCUT2D eigenvalue weighted by Gasteiger charge is 2.05. The minimum Gasteiger partial charge on any atom is -0.490 e. The van der Waals surface area contributed by atoms with E-state index in [1.54, 1.807) is 49.4 Å². The van der Waals surface area contributed by atoms with Gasteiger partial charge in [0.25, 0.3) is 0 Å². The van der Waals surface area contributed by atoms with Gasteiger partial charge in [0.2, 0.25) is 0 Å². The summed E-state index contributed by atoms with van der Waals surface area (Å²) in [5.74, 6) is 0.468. The van der Waals surface area contributed by atoms with Crippen molar-refractivity contribution in [2.75, 3.05) is 13.2 Å². The van der Waals surface area contributed by atoms with Crippen LogP contribution in [0.5, 0.6) is 11.5 Å². The first-order valence-corrected chi connectivity index (χ1v) is 6.21. The summed E-state index contributed by atoms with van der Waals surface area (Å²) in [4.78, 5) is 0. The Kier molecular flexibility index (Phi) is 4.56. The van der Waals surface area contributed by atoms with Gasteiger partial charge in [-0.1, -0.05) is 18.2 Å². The van der Waals surface area contributed by atoms with Crippen LogP contribution in [0.1, 0.15) is 11.1 Å². The van der Waals surface area contributed by atoms with Crippen LogP contribution in [0, 0.1) is 24.1 Å². The topological polar surface area (TPSA) is 42.2 Å². The van der Waals surface area contributed by atoms with Crippen molar-refractivity contribution in [1.82, 2.24) is 0 Å². The number of hydrogen-bond donors (Lipinski definition) is 0. The Morgan fingerprint density at radius 1 is 1.10 bits per heavy atom. The van der Waals surface area contributed by atoms with E-state index in [4.69, 9.17) is 14.7 Å². The normalized spacial score (nSPS) is 9.85. The zero-order chi connectivity index (χ0) is 14.4. The van der Waals surface area contributed by atoms with E-state index in [2.05, 4.69) is 0 Å². The lowest BCUT2D eigenvalue weighted by Gasteiger charge is -2.10. The Labute approximate surface area is 117 Å². The Bertz CT molecular complexity index is 635. The molecule has 0 unspecified atom stereocenters. The minimum atomic E-state index is -0.348. The van der Waals surface area contributed by atoms with Crippen molar-refractivity contribution in [3.8, 4) is 17.6 Å². The van der Waals surface area contributed by atoms with E-state index in [0.29, 0.717) is 16.9 Å². The average Bonchev–Trinajstić information content (AvgIpc) is 2.48. The van der Waals surface area contributed by atoms with Crippen LogP contribution in [-0.2, 0) is 0 Å². The van der Waals surface area contributed by atoms with Gasteiger partial charge in [0, 0.05) is 0 Å². The zero-order valence-electron chi connectivity index (χ0n) is 11.1. The smallest absolute Gasteiger partial charge is 0.167 e. The summed E-state index contributed by atoms with van der Waals surface area (Å²) in [7, 11) is 0. The van der Waals surface area contributed by atoms with Gasteiger partial charge in [-0.2, -0.15) is 5.26 Å². The van der Waals surface area contributed by atoms with E-state index < -0.39 is 0 Å². The van der Waals surface area contributed by atoms with Gasteiger partial charge in [-0.25, -0.2) is 4.39 Å². The van der Waals surface area contributed by atoms with E-state index in [1.807, 2.05) is 6.07 Å². The van der Waals surface area contributed by atoms with Crippen LogP contribution in [-0.4, -0.2) is 13.2 Å². The summed E-state index contributed by atoms with van der Waals surface area (Å²) in [5, 5.41) is 8.77. The highest BCUT2D eigenvalue weighted by Crippen LogP contribution is 2.19. The second-order valence-corrected chi connectivity index (χ2v) is 4.22. The Morgan fingerprint density at radius 2 is 1.85 bits per heavy atom. The molecule has 0 fully saturated rings. The predicted octanol–water partition coefficient (Wildman–Crippen LogP) is 3.46. The van der Waals surface area contributed by atoms with Crippen molar-refractivity contribution in [1.29, 1.82) is 5.26 Å². The van der Waals surface area contributed by atoms with E-state index in [1.165, 1.54) is 0 Å². The van der Waals surface area contributed by atoms with Crippen LogP contribution >= 0.6 is 0 Å². The molecule has 0 saturated carbocycles. The molecule has 102 valence electrons. The molecule has 0 N–H and O–H groups in total. The molecule has 0 radical (unpaired) electrons. The fourth-order valence-corrected chi connectivity index (χ4v) is 1.70. The Balaban J connectivity index is 1.85. The van der Waals surface area contributed by atoms with Gasteiger partial charge < -0.3 is 9.47 Å². The molecule has 0 saturated heterocycles. The van der Waals surface area contributed by atoms with Crippen LogP contribution in [0.25, 0.3) is 0 Å². The summed E-state index contributed by atoms with van der Waals surface area (Å²) < 4.78 is 24.4. The van der Waals surface area contributed by atoms with Crippen molar-refractivity contribution < 1.29 is 13.9 Å². The number of benzene rings is 2. The van der Waals surface area contributed by atoms with Gasteiger partial charge in [0.05, 0.1) is 11.6 Å². The van der Waals surface area contributed by atoms with E-state index >= 15 is 0 Å². The van der Waals surface area contributed by atoms with Crippen molar-refractivity contribution in [3.05, 3.63) is 59.4 Å². The summed E-state index contributed by atoms with van der Waals surface area (Å²) in [5.41, 5.74) is 1.08. The van der Waals surface area contributed by atoms with Crippen LogP contribution in [0.3, 0.4) is 0 Å². The lowest BCUT2D eigenvalue weighted by molar-refractivity contribution is 0.211. The van der Waals surface area contributed by atoms with Crippen LogP contribution in [0.15, 0.2) is 42.5 Å². The molecule has 0 aliphatic rings. The highest BCUT2D eigenvalue weighted by atomic mass is 19.1. The highest BCUT2D eigenvalue weighted by molar-refractivity contribution is 5.36. The quantitative estimate of drug-likeness (QED) is 0.782. The van der Waals surface area contributed by atoms with Gasteiger partial charge in [0.1, 0.15) is 19.0 Å². The fraction of sp³-hybridized carbons (Fsp3) is 0.188. The van der Waals surface area contributed by atoms with Gasteiger partial charge in [-0.3, -0.25) is 0 Å². The molecule has 0 spiro atoms. The summed E-state index contributed by atoms with van der Waals surface area (Å²) in [6, 6.07) is 13.9. The number of ether oxygens (including phenoxy) is 2. The molecule has 2 aromatic rings. The molecule has 0 aromatic heterocycles. The van der Waals surface area contributed by atoms with Gasteiger partial charge >= 0.3 is 0 Å². The lowest BCUT2D eigenvalue weighted by atomic mass is 10.2. The number of halogens is 1. The fourth-order valence-electron chi connectivity index (χ4n) is 1.70. The molecular formula is C16H14FNO2. The molecule has 3 nitrogen and oxygen atoms in total. The third-order valence-corrected chi connectivity index (χ3v) is 2.73. The SMILES string of the molecule is Cc1cccc(OCCOc2cccc(C#N)c2)c1F. The molecular weight excluding hydrogens is 257 g/mol. The second kappa shape index (κ2) is 6.58. The number of hydrogen-bond acceptors (Lipinski definition) is 3. The summed E-state index contributed by atoms with van der Waals surface area (Å²) >= 11 is 0. The van der Waals surface area contributed by atoms with Crippen LogP contribution in [0.4, 0.5) is 4.39 Å². The molecule has 0 atom stereocenters. The largest absolute Gasteiger partial charge is 0.490 e. The summed E-state index contributed by atoms with van der Waals surface area (Å²) in [6.07, 6.45) is 0. The van der Waals surface area contributed by atoms with Crippen LogP contribution < -0.4 is 9.47 Å². The first-order valence-electron chi connectivity index (χ1n) is 6.21. The van der Waals surface area contributed by atoms with Gasteiger partial charge in [0.15, 0.2) is 11.6 Å². The predicted molar refractivity (Wildman–Crippen MR) is 73.3 cm³/mol. The molecule has 0 heterocycles. The van der Waals surface area contributed by atoms with E-state index in [9.17, 15) is 4.39 Å². The maximum atomic E-state index is 13.6. The number of nitrogens with zero attached hydrogens (tertiary/aromatic N) is 1. The monoisotopic (exact) mass is 271 g/mol. The number of rotatable bonds is 5. The number of nitriles is 1. The molecule has 0 aliphatic heterocycles. The molecule has 2 rings (SSSR count). The standard InChI is InChI=1S/C16H14FNO2/c1-12-4-2-7-15(16(12)17)20-9-8-19-14-6-3-5-13(10-14)11-18/h2-7,10H,8-9H2,1H3. The van der Waals surface area contributed by atoms with Crippen LogP contribution in [0.2, 0.25) is 0 Å². The average molecular weight is 271 g/mol. The lowest BCUT2D eigenvalue weighted by Crippen LogP contribution is -2.10. The first-order chi connectivity index (χ1) is 9.70. The van der Waals surface area contributed by atoms with Gasteiger partial charge in [-0.15, -0.1) is 0 Å². The van der Waals surface area contributed by atoms with Gasteiger partial charge in [-0.05, 0) is 36.8 Å². The Hall–Kier alpha value is -2.54. The zero-order valence-corrected chi connectivity index (χ0v) is 11.1. The minimum absolute atomic E-state index is 0.222. The third kappa shape index (κ3) is 3.48. The van der Waals surface area contributed by atoms with E-state index in [-0.39, 0.29) is 24.8 Å².